The lowest BCUT2D eigenvalue weighted by Gasteiger charge is -2.34. The van der Waals surface area contributed by atoms with E-state index in [4.69, 9.17) is 4.74 Å². The molecule has 0 amide bonds. The molecular formula is C8H17NO2. The van der Waals surface area contributed by atoms with Crippen LogP contribution in [0.1, 0.15) is 19.8 Å². The van der Waals surface area contributed by atoms with Crippen LogP contribution in [0.4, 0.5) is 0 Å². The Morgan fingerprint density at radius 2 is 2.00 bits per heavy atom. The van der Waals surface area contributed by atoms with Crippen molar-refractivity contribution in [2.45, 2.75) is 38.2 Å². The van der Waals surface area contributed by atoms with Gasteiger partial charge in [0.15, 0.2) is 6.29 Å². The summed E-state index contributed by atoms with van der Waals surface area (Å²) >= 11 is 0. The molecular weight excluding hydrogens is 142 g/mol. The highest BCUT2D eigenvalue weighted by atomic mass is 16.6. The van der Waals surface area contributed by atoms with E-state index in [0.717, 1.165) is 12.8 Å². The van der Waals surface area contributed by atoms with Crippen molar-refractivity contribution >= 4 is 0 Å². The molecule has 1 saturated heterocycles. The molecule has 1 rings (SSSR count). The molecule has 0 aromatic rings. The molecule has 0 saturated carbocycles. The van der Waals surface area contributed by atoms with Gasteiger partial charge in [0.25, 0.3) is 0 Å². The maximum atomic E-state index is 9.25. The molecule has 1 aliphatic heterocycles. The Morgan fingerprint density at radius 1 is 1.36 bits per heavy atom. The first-order chi connectivity index (χ1) is 5.09. The fourth-order valence-corrected chi connectivity index (χ4v) is 1.51. The summed E-state index contributed by atoms with van der Waals surface area (Å²) in [5.41, 5.74) is 0. The minimum absolute atomic E-state index is 0.186. The third kappa shape index (κ3) is 2.43. The van der Waals surface area contributed by atoms with Crippen molar-refractivity contribution < 1.29 is 9.84 Å². The number of aliphatic hydroxyl groups is 1. The monoisotopic (exact) mass is 159 g/mol. The van der Waals surface area contributed by atoms with E-state index in [1.54, 1.807) is 0 Å². The van der Waals surface area contributed by atoms with Gasteiger partial charge >= 0.3 is 0 Å². The van der Waals surface area contributed by atoms with Crippen LogP contribution in [0.5, 0.6) is 0 Å². The van der Waals surface area contributed by atoms with Gasteiger partial charge < -0.3 is 14.7 Å². The highest BCUT2D eigenvalue weighted by Crippen LogP contribution is 2.20. The quantitative estimate of drug-likeness (QED) is 0.602. The number of ether oxygens (including phenoxy) is 1. The van der Waals surface area contributed by atoms with Crippen LogP contribution in [0.2, 0.25) is 0 Å². The van der Waals surface area contributed by atoms with E-state index in [-0.39, 0.29) is 6.10 Å². The zero-order valence-corrected chi connectivity index (χ0v) is 7.45. The summed E-state index contributed by atoms with van der Waals surface area (Å²) in [5, 5.41) is 9.25. The van der Waals surface area contributed by atoms with Gasteiger partial charge in [0.05, 0.1) is 6.10 Å². The first-order valence-electron chi connectivity index (χ1n) is 4.09. The van der Waals surface area contributed by atoms with Crippen LogP contribution in [-0.2, 0) is 4.74 Å². The van der Waals surface area contributed by atoms with Crippen LogP contribution in [0.3, 0.4) is 0 Å². The van der Waals surface area contributed by atoms with Crippen molar-refractivity contribution in [1.82, 2.24) is 4.90 Å². The minimum atomic E-state index is -0.564. The number of hydrogen-bond donors (Lipinski definition) is 1. The van der Waals surface area contributed by atoms with Crippen LogP contribution in [0.15, 0.2) is 0 Å². The minimum Gasteiger partial charge on any atom is -0.368 e. The third-order valence-electron chi connectivity index (χ3n) is 2.20. The summed E-state index contributed by atoms with van der Waals surface area (Å²) in [6.07, 6.45) is 1.37. The molecule has 0 aromatic heterocycles. The maximum Gasteiger partial charge on any atom is 0.156 e. The highest BCUT2D eigenvalue weighted by molar-refractivity contribution is 4.75. The molecule has 1 heterocycles. The van der Waals surface area contributed by atoms with Crippen molar-refractivity contribution in [2.75, 3.05) is 14.1 Å². The maximum absolute atomic E-state index is 9.25. The molecule has 0 spiro atoms. The number of rotatable bonds is 1. The molecule has 3 atom stereocenters. The number of nitrogens with zero attached hydrogens (tertiary/aromatic N) is 1. The van der Waals surface area contributed by atoms with E-state index < -0.39 is 6.29 Å². The fraction of sp³-hybridized carbons (Fsp3) is 1.00. The molecule has 0 aliphatic carbocycles. The fourth-order valence-electron chi connectivity index (χ4n) is 1.51. The molecule has 1 fully saturated rings. The topological polar surface area (TPSA) is 32.7 Å². The van der Waals surface area contributed by atoms with Crippen molar-refractivity contribution in [3.63, 3.8) is 0 Å². The molecule has 3 heteroatoms. The summed E-state index contributed by atoms with van der Waals surface area (Å²) < 4.78 is 5.20. The second-order valence-electron chi connectivity index (χ2n) is 3.49. The normalized spacial score (nSPS) is 39.5. The summed E-state index contributed by atoms with van der Waals surface area (Å²) in [6, 6.07) is 0.466. The number of hydrogen-bond acceptors (Lipinski definition) is 3. The van der Waals surface area contributed by atoms with Crippen LogP contribution >= 0.6 is 0 Å². The van der Waals surface area contributed by atoms with E-state index in [1.165, 1.54) is 0 Å². The standard InChI is InChI=1S/C8H17NO2/c1-6-4-7(9(2)3)5-8(10)11-6/h6-8,10H,4-5H2,1-3H3/t6?,7?,8-/m1/s1. The molecule has 1 aliphatic rings. The van der Waals surface area contributed by atoms with Crippen molar-refractivity contribution in [3.8, 4) is 0 Å². The molecule has 0 radical (unpaired) electrons. The van der Waals surface area contributed by atoms with Crippen molar-refractivity contribution in [1.29, 1.82) is 0 Å². The predicted molar refractivity (Wildman–Crippen MR) is 43.3 cm³/mol. The Bertz CT molecular complexity index is 117. The van der Waals surface area contributed by atoms with Crippen LogP contribution in [0.25, 0.3) is 0 Å². The lowest BCUT2D eigenvalue weighted by Crippen LogP contribution is -2.41. The molecule has 2 unspecified atom stereocenters. The second-order valence-corrected chi connectivity index (χ2v) is 3.49. The smallest absolute Gasteiger partial charge is 0.156 e. The Labute approximate surface area is 68.0 Å². The Morgan fingerprint density at radius 3 is 2.45 bits per heavy atom. The van der Waals surface area contributed by atoms with Crippen LogP contribution in [0, 0.1) is 0 Å². The van der Waals surface area contributed by atoms with E-state index in [1.807, 2.05) is 21.0 Å². The second kappa shape index (κ2) is 3.52. The molecule has 3 nitrogen and oxygen atoms in total. The lowest BCUT2D eigenvalue weighted by atomic mass is 10.0. The zero-order chi connectivity index (χ0) is 8.43. The van der Waals surface area contributed by atoms with Gasteiger partial charge in [-0.3, -0.25) is 0 Å². The molecule has 1 N–H and O–H groups in total. The largest absolute Gasteiger partial charge is 0.368 e. The Balaban J connectivity index is 2.43. The van der Waals surface area contributed by atoms with Gasteiger partial charge in [0, 0.05) is 12.5 Å². The first-order valence-corrected chi connectivity index (χ1v) is 4.09. The van der Waals surface area contributed by atoms with E-state index in [0.29, 0.717) is 6.04 Å². The number of aliphatic hydroxyl groups excluding tert-OH is 1. The van der Waals surface area contributed by atoms with E-state index in [2.05, 4.69) is 4.90 Å². The van der Waals surface area contributed by atoms with Crippen molar-refractivity contribution in [2.24, 2.45) is 0 Å². The average Bonchev–Trinajstić information content (AvgIpc) is 1.85. The highest BCUT2D eigenvalue weighted by Gasteiger charge is 2.26. The molecule has 11 heavy (non-hydrogen) atoms. The molecule has 66 valence electrons. The summed E-state index contributed by atoms with van der Waals surface area (Å²) in [7, 11) is 4.07. The summed E-state index contributed by atoms with van der Waals surface area (Å²) in [6.45, 7) is 2.00. The van der Waals surface area contributed by atoms with Gasteiger partial charge in [-0.2, -0.15) is 0 Å². The van der Waals surface area contributed by atoms with Gasteiger partial charge in [-0.05, 0) is 27.4 Å². The van der Waals surface area contributed by atoms with Crippen molar-refractivity contribution in [3.05, 3.63) is 0 Å². The zero-order valence-electron chi connectivity index (χ0n) is 7.45. The third-order valence-corrected chi connectivity index (χ3v) is 2.20. The molecule has 0 aromatic carbocycles. The lowest BCUT2D eigenvalue weighted by molar-refractivity contribution is -0.172. The predicted octanol–water partition coefficient (Wildman–Crippen LogP) is 0.434. The van der Waals surface area contributed by atoms with Crippen LogP contribution < -0.4 is 0 Å². The van der Waals surface area contributed by atoms with Gasteiger partial charge in [0.1, 0.15) is 0 Å². The Hall–Kier alpha value is -0.120. The van der Waals surface area contributed by atoms with Crippen LogP contribution in [-0.4, -0.2) is 42.5 Å². The Kier molecular flexibility index (Phi) is 2.87. The SMILES string of the molecule is CC1CC(N(C)C)C[C@H](O)O1. The van der Waals surface area contributed by atoms with Gasteiger partial charge in [-0.15, -0.1) is 0 Å². The first kappa shape index (κ1) is 8.97. The average molecular weight is 159 g/mol. The van der Waals surface area contributed by atoms with Gasteiger partial charge in [0.2, 0.25) is 0 Å². The molecule has 0 bridgehead atoms. The van der Waals surface area contributed by atoms with Gasteiger partial charge in [-0.1, -0.05) is 0 Å². The van der Waals surface area contributed by atoms with E-state index in [9.17, 15) is 5.11 Å². The summed E-state index contributed by atoms with van der Waals surface area (Å²) in [5.74, 6) is 0. The van der Waals surface area contributed by atoms with E-state index >= 15 is 0 Å². The van der Waals surface area contributed by atoms with Gasteiger partial charge in [-0.25, -0.2) is 0 Å². The summed E-state index contributed by atoms with van der Waals surface area (Å²) in [4.78, 5) is 2.14.